The zero-order chi connectivity index (χ0) is 22.0. The second-order valence-electron chi connectivity index (χ2n) is 6.32. The van der Waals surface area contributed by atoms with Gasteiger partial charge in [0.05, 0.1) is 12.5 Å². The van der Waals surface area contributed by atoms with Gasteiger partial charge in [-0.2, -0.15) is 11.8 Å². The first-order valence-electron chi connectivity index (χ1n) is 8.71. The number of amides is 2. The van der Waals surface area contributed by atoms with Gasteiger partial charge >= 0.3 is 11.9 Å². The topological polar surface area (TPSA) is 179 Å². The Balaban J connectivity index is 2.78. The molecule has 0 aliphatic rings. The largest absolute Gasteiger partial charge is 0.508 e. The van der Waals surface area contributed by atoms with Crippen molar-refractivity contribution in [2.24, 2.45) is 5.73 Å². The fraction of sp³-hybridized carbons (Fsp3) is 0.444. The number of nitrogens with one attached hydrogen (secondary N) is 2. The highest BCUT2D eigenvalue weighted by Crippen LogP contribution is 2.11. The van der Waals surface area contributed by atoms with E-state index in [1.165, 1.54) is 23.9 Å². The first kappa shape index (κ1) is 24.2. The van der Waals surface area contributed by atoms with Gasteiger partial charge in [-0.25, -0.2) is 4.79 Å². The molecular formula is C18H25N3O7S. The molecule has 11 heteroatoms. The molecule has 160 valence electrons. The number of carbonyl (C=O) groups is 4. The first-order chi connectivity index (χ1) is 13.6. The van der Waals surface area contributed by atoms with Crippen molar-refractivity contribution in [2.45, 2.75) is 37.4 Å². The Morgan fingerprint density at radius 3 is 2.14 bits per heavy atom. The van der Waals surface area contributed by atoms with Crippen LogP contribution >= 0.6 is 11.8 Å². The Kier molecular flexibility index (Phi) is 9.97. The Bertz CT molecular complexity index is 727. The van der Waals surface area contributed by atoms with E-state index in [0.29, 0.717) is 11.3 Å². The van der Waals surface area contributed by atoms with Gasteiger partial charge in [-0.3, -0.25) is 14.4 Å². The summed E-state index contributed by atoms with van der Waals surface area (Å²) in [7, 11) is 0. The molecule has 0 radical (unpaired) electrons. The second-order valence-corrected chi connectivity index (χ2v) is 7.30. The number of thioether (sulfide) groups is 1. The van der Waals surface area contributed by atoms with Gasteiger partial charge < -0.3 is 31.7 Å². The molecule has 10 nitrogen and oxygen atoms in total. The lowest BCUT2D eigenvalue weighted by Gasteiger charge is -2.22. The van der Waals surface area contributed by atoms with Crippen LogP contribution in [-0.2, 0) is 25.6 Å². The average molecular weight is 427 g/mol. The number of carbonyl (C=O) groups excluding carboxylic acids is 2. The third-order valence-electron chi connectivity index (χ3n) is 3.97. The monoisotopic (exact) mass is 427 g/mol. The van der Waals surface area contributed by atoms with Gasteiger partial charge in [0, 0.05) is 0 Å². The Hall–Kier alpha value is -2.79. The maximum absolute atomic E-state index is 12.4. The molecule has 0 bridgehead atoms. The number of carboxylic acids is 2. The smallest absolute Gasteiger partial charge is 0.326 e. The number of aliphatic carboxylic acids is 2. The lowest BCUT2D eigenvalue weighted by molar-refractivity contribution is -0.147. The van der Waals surface area contributed by atoms with Crippen LogP contribution in [0.3, 0.4) is 0 Å². The summed E-state index contributed by atoms with van der Waals surface area (Å²) in [6, 6.07) is 2.51. The highest BCUT2D eigenvalue weighted by atomic mass is 32.2. The molecule has 1 rings (SSSR count). The number of carboxylic acid groups (broad SMARTS) is 2. The fourth-order valence-corrected chi connectivity index (χ4v) is 2.88. The normalized spacial score (nSPS) is 13.7. The summed E-state index contributed by atoms with van der Waals surface area (Å²) in [6.45, 7) is 0. The molecule has 0 aromatic heterocycles. The van der Waals surface area contributed by atoms with Crippen LogP contribution in [-0.4, -0.2) is 69.2 Å². The van der Waals surface area contributed by atoms with Crippen LogP contribution in [0.4, 0.5) is 0 Å². The minimum Gasteiger partial charge on any atom is -0.508 e. The molecule has 0 saturated carbocycles. The number of hydrogen-bond acceptors (Lipinski definition) is 7. The van der Waals surface area contributed by atoms with Gasteiger partial charge in [0.1, 0.15) is 17.8 Å². The van der Waals surface area contributed by atoms with Crippen molar-refractivity contribution in [3.05, 3.63) is 29.8 Å². The molecule has 1 aromatic rings. The van der Waals surface area contributed by atoms with Crippen molar-refractivity contribution in [1.29, 1.82) is 0 Å². The van der Waals surface area contributed by atoms with E-state index in [1.807, 2.05) is 0 Å². The van der Waals surface area contributed by atoms with Crippen molar-refractivity contribution < 1.29 is 34.5 Å². The van der Waals surface area contributed by atoms with Crippen molar-refractivity contribution in [1.82, 2.24) is 10.6 Å². The van der Waals surface area contributed by atoms with Gasteiger partial charge in [0.25, 0.3) is 0 Å². The molecule has 0 aliphatic carbocycles. The lowest BCUT2D eigenvalue weighted by Crippen LogP contribution is -2.55. The van der Waals surface area contributed by atoms with Gasteiger partial charge in [-0.15, -0.1) is 0 Å². The maximum Gasteiger partial charge on any atom is 0.326 e. The molecule has 2 amide bonds. The van der Waals surface area contributed by atoms with Crippen LogP contribution in [0.15, 0.2) is 24.3 Å². The SMILES string of the molecule is CSCCC(NC(=O)C(N)Cc1ccc(O)cc1)C(=O)NC(CC(=O)O)C(=O)O. The number of nitrogens with two attached hydrogens (primary N) is 1. The van der Waals surface area contributed by atoms with Crippen molar-refractivity contribution in [3.63, 3.8) is 0 Å². The van der Waals surface area contributed by atoms with Gasteiger partial charge in [0.2, 0.25) is 11.8 Å². The molecule has 1 aromatic carbocycles. The molecule has 0 aliphatic heterocycles. The van der Waals surface area contributed by atoms with Crippen LogP contribution in [0.1, 0.15) is 18.4 Å². The van der Waals surface area contributed by atoms with Gasteiger partial charge in [-0.05, 0) is 42.5 Å². The lowest BCUT2D eigenvalue weighted by atomic mass is 10.0. The average Bonchev–Trinajstić information content (AvgIpc) is 2.65. The second kappa shape index (κ2) is 11.9. The number of phenolic OH excluding ortho intramolecular Hbond substituents is 1. The fourth-order valence-electron chi connectivity index (χ4n) is 2.41. The van der Waals surface area contributed by atoms with Crippen molar-refractivity contribution in [3.8, 4) is 5.75 Å². The van der Waals surface area contributed by atoms with E-state index >= 15 is 0 Å². The Labute approximate surface area is 171 Å². The third kappa shape index (κ3) is 8.83. The summed E-state index contributed by atoms with van der Waals surface area (Å²) in [6.07, 6.45) is 1.40. The van der Waals surface area contributed by atoms with Crippen LogP contribution < -0.4 is 16.4 Å². The minimum atomic E-state index is -1.61. The summed E-state index contributed by atoms with van der Waals surface area (Å²) in [5.74, 6) is -3.68. The van der Waals surface area contributed by atoms with Crippen LogP contribution in [0.2, 0.25) is 0 Å². The maximum atomic E-state index is 12.4. The van der Waals surface area contributed by atoms with E-state index in [0.717, 1.165) is 0 Å². The quantitative estimate of drug-likeness (QED) is 0.257. The van der Waals surface area contributed by atoms with Crippen molar-refractivity contribution >= 4 is 35.5 Å². The Morgan fingerprint density at radius 2 is 1.62 bits per heavy atom. The van der Waals surface area contributed by atoms with Gasteiger partial charge in [-0.1, -0.05) is 12.1 Å². The van der Waals surface area contributed by atoms with E-state index in [1.54, 1.807) is 18.4 Å². The van der Waals surface area contributed by atoms with Crippen LogP contribution in [0.25, 0.3) is 0 Å². The molecular weight excluding hydrogens is 402 g/mol. The summed E-state index contributed by atoms with van der Waals surface area (Å²) >= 11 is 1.43. The van der Waals surface area contributed by atoms with E-state index in [-0.39, 0.29) is 18.6 Å². The summed E-state index contributed by atoms with van der Waals surface area (Å²) < 4.78 is 0. The van der Waals surface area contributed by atoms with Crippen LogP contribution in [0, 0.1) is 0 Å². The minimum absolute atomic E-state index is 0.0786. The summed E-state index contributed by atoms with van der Waals surface area (Å²) in [5.41, 5.74) is 6.61. The molecule has 0 spiro atoms. The van der Waals surface area contributed by atoms with E-state index in [9.17, 15) is 24.3 Å². The number of aromatic hydroxyl groups is 1. The predicted octanol–water partition coefficient (Wildman–Crippen LogP) is -0.456. The molecule has 0 fully saturated rings. The molecule has 3 unspecified atom stereocenters. The Morgan fingerprint density at radius 1 is 1.03 bits per heavy atom. The molecule has 0 heterocycles. The molecule has 3 atom stereocenters. The van der Waals surface area contributed by atoms with E-state index in [4.69, 9.17) is 15.9 Å². The number of hydrogen-bond donors (Lipinski definition) is 6. The van der Waals surface area contributed by atoms with Gasteiger partial charge in [0.15, 0.2) is 0 Å². The third-order valence-corrected chi connectivity index (χ3v) is 4.61. The van der Waals surface area contributed by atoms with Crippen LogP contribution in [0.5, 0.6) is 5.75 Å². The standard InChI is InChI=1S/C18H25N3O7S/c1-29-7-6-13(17(26)21-14(18(27)28)9-15(23)24)20-16(25)12(19)8-10-2-4-11(22)5-3-10/h2-5,12-14,22H,6-9,19H2,1H3,(H,20,25)(H,21,26)(H,23,24)(H,27,28). The predicted molar refractivity (Wildman–Crippen MR) is 107 cm³/mol. The molecule has 7 N–H and O–H groups in total. The number of phenols is 1. The zero-order valence-electron chi connectivity index (χ0n) is 15.8. The summed E-state index contributed by atoms with van der Waals surface area (Å²) in [5, 5.41) is 31.8. The number of rotatable bonds is 12. The summed E-state index contributed by atoms with van der Waals surface area (Å²) in [4.78, 5) is 46.8. The highest BCUT2D eigenvalue weighted by molar-refractivity contribution is 7.98. The van der Waals surface area contributed by atoms with E-state index in [2.05, 4.69) is 10.6 Å². The van der Waals surface area contributed by atoms with E-state index < -0.39 is 48.3 Å². The molecule has 0 saturated heterocycles. The zero-order valence-corrected chi connectivity index (χ0v) is 16.6. The van der Waals surface area contributed by atoms with Crippen molar-refractivity contribution in [2.75, 3.05) is 12.0 Å². The highest BCUT2D eigenvalue weighted by Gasteiger charge is 2.29. The molecule has 29 heavy (non-hydrogen) atoms. The number of benzene rings is 1. The first-order valence-corrected chi connectivity index (χ1v) is 10.1.